The predicted molar refractivity (Wildman–Crippen MR) is 140 cm³/mol. The average molecular weight is 503 g/mol. The summed E-state index contributed by atoms with van der Waals surface area (Å²) in [7, 11) is -1.12. The maximum atomic E-state index is 13.8. The monoisotopic (exact) mass is 502 g/mol. The second kappa shape index (κ2) is 11.7. The number of carbonyl (C=O) groups is 2. The molecule has 2 aromatic rings. The molecule has 0 aliphatic carbocycles. The molecule has 35 heavy (non-hydrogen) atoms. The average Bonchev–Trinajstić information content (AvgIpc) is 2.77. The fraction of sp³-hybridized carbons (Fsp3) is 0.462. The van der Waals surface area contributed by atoms with Crippen LogP contribution < -0.4 is 9.62 Å². The Hall–Kier alpha value is -2.91. The number of para-hydroxylation sites is 1. The van der Waals surface area contributed by atoms with Gasteiger partial charge in [-0.05, 0) is 57.4 Å². The number of benzene rings is 2. The first-order chi connectivity index (χ1) is 16.3. The SMILES string of the molecule is CCC(C(=O)NC(C)(C)C)N(Cc1ccccc1C)C(=O)CN(c1ccccc1)S(=O)(=O)N(C)C. The molecule has 0 spiro atoms. The Bertz CT molecular complexity index is 1110. The second-order valence-electron chi connectivity index (χ2n) is 9.74. The van der Waals surface area contributed by atoms with Gasteiger partial charge in [0.2, 0.25) is 11.8 Å². The topological polar surface area (TPSA) is 90.0 Å². The van der Waals surface area contributed by atoms with E-state index in [0.29, 0.717) is 12.1 Å². The van der Waals surface area contributed by atoms with Gasteiger partial charge in [-0.1, -0.05) is 49.4 Å². The van der Waals surface area contributed by atoms with Crippen molar-refractivity contribution < 1.29 is 18.0 Å². The Morgan fingerprint density at radius 2 is 1.54 bits per heavy atom. The molecule has 0 saturated heterocycles. The van der Waals surface area contributed by atoms with Crippen LogP contribution in [0.2, 0.25) is 0 Å². The zero-order chi connectivity index (χ0) is 26.4. The number of carbonyl (C=O) groups excluding carboxylic acids is 2. The van der Waals surface area contributed by atoms with E-state index in [9.17, 15) is 18.0 Å². The third-order valence-electron chi connectivity index (χ3n) is 5.55. The van der Waals surface area contributed by atoms with Crippen LogP contribution in [-0.4, -0.2) is 61.7 Å². The smallest absolute Gasteiger partial charge is 0.304 e. The fourth-order valence-electron chi connectivity index (χ4n) is 3.65. The van der Waals surface area contributed by atoms with Gasteiger partial charge in [0.05, 0.1) is 5.69 Å². The highest BCUT2D eigenvalue weighted by molar-refractivity contribution is 7.90. The molecule has 1 unspecified atom stereocenters. The molecule has 0 heterocycles. The highest BCUT2D eigenvalue weighted by Gasteiger charge is 2.34. The van der Waals surface area contributed by atoms with Gasteiger partial charge >= 0.3 is 10.2 Å². The molecule has 1 atom stereocenters. The Morgan fingerprint density at radius 1 is 0.971 bits per heavy atom. The molecular weight excluding hydrogens is 464 g/mol. The number of hydrogen-bond donors (Lipinski definition) is 1. The summed E-state index contributed by atoms with van der Waals surface area (Å²) in [5.41, 5.74) is 1.77. The molecule has 192 valence electrons. The van der Waals surface area contributed by atoms with Crippen LogP contribution in [0.5, 0.6) is 0 Å². The maximum Gasteiger partial charge on any atom is 0.304 e. The van der Waals surface area contributed by atoms with E-state index < -0.39 is 34.2 Å². The Kier molecular flexibility index (Phi) is 9.45. The van der Waals surface area contributed by atoms with Gasteiger partial charge in [-0.3, -0.25) is 9.59 Å². The van der Waals surface area contributed by atoms with Crippen molar-refractivity contribution in [2.24, 2.45) is 0 Å². The van der Waals surface area contributed by atoms with Gasteiger partial charge < -0.3 is 10.2 Å². The van der Waals surface area contributed by atoms with Crippen LogP contribution in [-0.2, 0) is 26.3 Å². The zero-order valence-electron chi connectivity index (χ0n) is 21.8. The maximum absolute atomic E-state index is 13.8. The first-order valence-electron chi connectivity index (χ1n) is 11.7. The van der Waals surface area contributed by atoms with Gasteiger partial charge in [-0.2, -0.15) is 12.7 Å². The predicted octanol–water partition coefficient (Wildman–Crippen LogP) is 3.33. The molecule has 0 aliphatic heterocycles. The molecule has 0 aliphatic rings. The summed E-state index contributed by atoms with van der Waals surface area (Å²) in [6, 6.07) is 15.4. The van der Waals surface area contributed by atoms with Crippen LogP contribution in [0, 0.1) is 6.92 Å². The van der Waals surface area contributed by atoms with Crippen molar-refractivity contribution in [3.63, 3.8) is 0 Å². The summed E-state index contributed by atoms with van der Waals surface area (Å²) >= 11 is 0. The molecule has 8 nitrogen and oxygen atoms in total. The molecule has 0 fully saturated rings. The molecule has 0 bridgehead atoms. The van der Waals surface area contributed by atoms with Gasteiger partial charge in [0, 0.05) is 26.2 Å². The van der Waals surface area contributed by atoms with E-state index in [1.54, 1.807) is 30.3 Å². The van der Waals surface area contributed by atoms with Crippen LogP contribution in [0.4, 0.5) is 5.69 Å². The van der Waals surface area contributed by atoms with Crippen LogP contribution >= 0.6 is 0 Å². The van der Waals surface area contributed by atoms with Crippen molar-refractivity contribution in [2.45, 2.75) is 59.2 Å². The molecule has 0 saturated carbocycles. The number of rotatable bonds is 10. The van der Waals surface area contributed by atoms with Gasteiger partial charge in [0.15, 0.2) is 0 Å². The lowest BCUT2D eigenvalue weighted by atomic mass is 10.0. The van der Waals surface area contributed by atoms with E-state index in [1.807, 2.05) is 58.9 Å². The van der Waals surface area contributed by atoms with Gasteiger partial charge in [-0.25, -0.2) is 4.31 Å². The summed E-state index contributed by atoms with van der Waals surface area (Å²) < 4.78 is 28.5. The third kappa shape index (κ3) is 7.53. The fourth-order valence-corrected chi connectivity index (χ4v) is 4.71. The molecule has 2 aromatic carbocycles. The van der Waals surface area contributed by atoms with Crippen molar-refractivity contribution >= 4 is 27.7 Å². The van der Waals surface area contributed by atoms with Crippen LogP contribution in [0.3, 0.4) is 0 Å². The lowest BCUT2D eigenvalue weighted by Crippen LogP contribution is -2.55. The normalized spacial score (nSPS) is 12.8. The number of nitrogens with zero attached hydrogens (tertiary/aromatic N) is 3. The van der Waals surface area contributed by atoms with E-state index in [0.717, 1.165) is 19.7 Å². The van der Waals surface area contributed by atoms with Gasteiger partial charge in [-0.15, -0.1) is 0 Å². The summed E-state index contributed by atoms with van der Waals surface area (Å²) in [5, 5.41) is 2.97. The zero-order valence-corrected chi connectivity index (χ0v) is 22.6. The Balaban J connectivity index is 2.51. The largest absolute Gasteiger partial charge is 0.350 e. The summed E-state index contributed by atoms with van der Waals surface area (Å²) in [5.74, 6) is -0.734. The molecule has 9 heteroatoms. The first kappa shape index (κ1) is 28.3. The minimum Gasteiger partial charge on any atom is -0.350 e. The van der Waals surface area contributed by atoms with E-state index in [1.165, 1.54) is 19.0 Å². The lowest BCUT2D eigenvalue weighted by Gasteiger charge is -2.35. The molecule has 2 rings (SSSR count). The van der Waals surface area contributed by atoms with Crippen molar-refractivity contribution in [1.82, 2.24) is 14.5 Å². The minimum absolute atomic E-state index is 0.187. The summed E-state index contributed by atoms with van der Waals surface area (Å²) in [6.45, 7) is 9.18. The second-order valence-corrected chi connectivity index (χ2v) is 11.8. The number of anilines is 1. The van der Waals surface area contributed by atoms with E-state index in [4.69, 9.17) is 0 Å². The van der Waals surface area contributed by atoms with Crippen LogP contribution in [0.15, 0.2) is 54.6 Å². The quantitative estimate of drug-likeness (QED) is 0.540. The molecule has 1 N–H and O–H groups in total. The highest BCUT2D eigenvalue weighted by Crippen LogP contribution is 2.22. The molecule has 0 radical (unpaired) electrons. The minimum atomic E-state index is -3.96. The molecular formula is C26H38N4O4S. The lowest BCUT2D eigenvalue weighted by molar-refractivity contribution is -0.141. The number of nitrogens with one attached hydrogen (secondary N) is 1. The summed E-state index contributed by atoms with van der Waals surface area (Å²) in [6.07, 6.45) is 0.380. The van der Waals surface area contributed by atoms with Crippen molar-refractivity contribution in [1.29, 1.82) is 0 Å². The van der Waals surface area contributed by atoms with Crippen LogP contribution in [0.1, 0.15) is 45.2 Å². The van der Waals surface area contributed by atoms with E-state index in [-0.39, 0.29) is 12.5 Å². The molecule has 2 amide bonds. The summed E-state index contributed by atoms with van der Waals surface area (Å²) in [4.78, 5) is 28.5. The number of aryl methyl sites for hydroxylation is 1. The van der Waals surface area contributed by atoms with Crippen LogP contribution in [0.25, 0.3) is 0 Å². The van der Waals surface area contributed by atoms with E-state index >= 15 is 0 Å². The van der Waals surface area contributed by atoms with Gasteiger partial charge in [0.1, 0.15) is 12.6 Å². The van der Waals surface area contributed by atoms with Crippen molar-refractivity contribution in [2.75, 3.05) is 24.9 Å². The molecule has 0 aromatic heterocycles. The first-order valence-corrected chi connectivity index (χ1v) is 13.1. The number of hydrogen-bond acceptors (Lipinski definition) is 4. The Labute approximate surface area is 210 Å². The van der Waals surface area contributed by atoms with E-state index in [2.05, 4.69) is 5.32 Å². The third-order valence-corrected chi connectivity index (χ3v) is 7.37. The standard InChI is InChI=1S/C26H38N4O4S/c1-8-23(25(32)27-26(3,4)5)29(18-21-15-13-12-14-20(21)2)24(31)19-30(35(33,34)28(6)7)22-16-10-9-11-17-22/h9-17,23H,8,18-19H2,1-7H3,(H,27,32). The van der Waals surface area contributed by atoms with Crippen molar-refractivity contribution in [3.8, 4) is 0 Å². The van der Waals surface area contributed by atoms with Crippen molar-refractivity contribution in [3.05, 3.63) is 65.7 Å². The number of amides is 2. The van der Waals surface area contributed by atoms with Gasteiger partial charge in [0.25, 0.3) is 0 Å². The Morgan fingerprint density at radius 3 is 2.06 bits per heavy atom. The highest BCUT2D eigenvalue weighted by atomic mass is 32.2.